The van der Waals surface area contributed by atoms with Crippen LogP contribution in [0.25, 0.3) is 0 Å². The Morgan fingerprint density at radius 3 is 2.74 bits per heavy atom. The summed E-state index contributed by atoms with van der Waals surface area (Å²) in [5.74, 6) is -0.289. The number of carbonyl (C=O) groups excluding carboxylic acids is 1. The first-order valence-corrected chi connectivity index (χ1v) is 8.23. The molecule has 0 radical (unpaired) electrons. The first kappa shape index (κ1) is 18.0. The Labute approximate surface area is 141 Å². The zero-order valence-corrected chi connectivity index (χ0v) is 14.4. The molecular weight excluding hydrogens is 319 g/mol. The van der Waals surface area contributed by atoms with Crippen molar-refractivity contribution < 1.29 is 9.18 Å². The number of urea groups is 1. The molecule has 0 saturated carbocycles. The van der Waals surface area contributed by atoms with E-state index in [9.17, 15) is 9.18 Å². The molecule has 128 valence electrons. The Balaban J connectivity index is 1.72. The maximum Gasteiger partial charge on any atom is 0.319 e. The third-order valence-electron chi connectivity index (χ3n) is 3.98. The van der Waals surface area contributed by atoms with Gasteiger partial charge in [0.1, 0.15) is 0 Å². The molecule has 0 bridgehead atoms. The molecule has 23 heavy (non-hydrogen) atoms. The van der Waals surface area contributed by atoms with Crippen LogP contribution in [0.4, 0.5) is 14.9 Å². The fourth-order valence-corrected chi connectivity index (χ4v) is 2.74. The molecule has 1 atom stereocenters. The average molecular weight is 343 g/mol. The molecule has 1 heterocycles. The van der Waals surface area contributed by atoms with Crippen LogP contribution in [0, 0.1) is 11.7 Å². The van der Waals surface area contributed by atoms with Gasteiger partial charge in [-0.25, -0.2) is 9.18 Å². The van der Waals surface area contributed by atoms with Crippen molar-refractivity contribution in [3.05, 3.63) is 29.0 Å². The van der Waals surface area contributed by atoms with E-state index in [2.05, 4.69) is 34.4 Å². The number of nitrogens with zero attached hydrogens (tertiary/aromatic N) is 2. The maximum atomic E-state index is 13.7. The van der Waals surface area contributed by atoms with Gasteiger partial charge < -0.3 is 20.4 Å². The highest BCUT2D eigenvalue weighted by Crippen LogP contribution is 2.21. The smallest absolute Gasteiger partial charge is 0.319 e. The summed E-state index contributed by atoms with van der Waals surface area (Å²) < 4.78 is 13.7. The number of anilines is 1. The number of benzene rings is 1. The van der Waals surface area contributed by atoms with E-state index in [1.54, 1.807) is 6.07 Å². The van der Waals surface area contributed by atoms with Gasteiger partial charge in [-0.2, -0.15) is 0 Å². The Morgan fingerprint density at radius 1 is 1.35 bits per heavy atom. The Kier molecular flexibility index (Phi) is 6.62. The largest absolute Gasteiger partial charge is 0.338 e. The lowest BCUT2D eigenvalue weighted by molar-refractivity contribution is 0.138. The molecule has 0 aliphatic carbocycles. The number of rotatable bonds is 5. The van der Waals surface area contributed by atoms with Gasteiger partial charge in [0, 0.05) is 39.3 Å². The van der Waals surface area contributed by atoms with Gasteiger partial charge in [0.2, 0.25) is 0 Å². The Bertz CT molecular complexity index is 535. The van der Waals surface area contributed by atoms with E-state index in [0.717, 1.165) is 32.7 Å². The monoisotopic (exact) mass is 342 g/mol. The third-order valence-corrected chi connectivity index (χ3v) is 4.27. The molecule has 2 rings (SSSR count). The van der Waals surface area contributed by atoms with E-state index in [4.69, 9.17) is 11.6 Å². The summed E-state index contributed by atoms with van der Waals surface area (Å²) in [5, 5.41) is 5.26. The molecule has 7 heteroatoms. The number of likely N-dealkylation sites (N-methyl/N-ethyl adjacent to an activating group) is 1. The van der Waals surface area contributed by atoms with E-state index in [-0.39, 0.29) is 10.7 Å². The normalized spacial score (nSPS) is 17.7. The summed E-state index contributed by atoms with van der Waals surface area (Å²) in [4.78, 5) is 16.6. The molecule has 0 unspecified atom stereocenters. The fraction of sp³-hybridized carbons (Fsp3) is 0.562. The van der Waals surface area contributed by atoms with Crippen LogP contribution in [-0.2, 0) is 0 Å². The minimum Gasteiger partial charge on any atom is -0.338 e. The first-order valence-electron chi connectivity index (χ1n) is 7.85. The minimum absolute atomic E-state index is 0.00812. The zero-order chi connectivity index (χ0) is 16.8. The highest BCUT2D eigenvalue weighted by Gasteiger charge is 2.16. The van der Waals surface area contributed by atoms with Gasteiger partial charge in [-0.3, -0.25) is 0 Å². The molecule has 2 N–H and O–H groups in total. The second kappa shape index (κ2) is 8.47. The molecule has 5 nitrogen and oxygen atoms in total. The number of piperazine rings is 1. The summed E-state index contributed by atoms with van der Waals surface area (Å²) in [6.07, 6.45) is 0. The van der Waals surface area contributed by atoms with E-state index >= 15 is 0 Å². The van der Waals surface area contributed by atoms with Crippen molar-refractivity contribution in [2.75, 3.05) is 51.6 Å². The van der Waals surface area contributed by atoms with Gasteiger partial charge in [0.25, 0.3) is 0 Å². The van der Waals surface area contributed by atoms with Crippen LogP contribution in [0.3, 0.4) is 0 Å². The van der Waals surface area contributed by atoms with Crippen molar-refractivity contribution in [1.29, 1.82) is 0 Å². The quantitative estimate of drug-likeness (QED) is 0.864. The Hall–Kier alpha value is -1.37. The summed E-state index contributed by atoms with van der Waals surface area (Å²) in [6.45, 7) is 7.85. The van der Waals surface area contributed by atoms with E-state index in [0.29, 0.717) is 12.5 Å². The van der Waals surface area contributed by atoms with E-state index in [1.165, 1.54) is 12.1 Å². The van der Waals surface area contributed by atoms with Gasteiger partial charge in [-0.05, 0) is 25.1 Å². The minimum atomic E-state index is -0.616. The molecule has 1 aliphatic heterocycles. The lowest BCUT2D eigenvalue weighted by Crippen LogP contribution is -2.47. The van der Waals surface area contributed by atoms with Crippen molar-refractivity contribution >= 4 is 23.3 Å². The highest BCUT2D eigenvalue weighted by atomic mass is 35.5. The van der Waals surface area contributed by atoms with Gasteiger partial charge in [-0.1, -0.05) is 24.6 Å². The van der Waals surface area contributed by atoms with Crippen molar-refractivity contribution in [2.45, 2.75) is 6.92 Å². The van der Waals surface area contributed by atoms with Crippen LogP contribution in [0.2, 0.25) is 5.02 Å². The topological polar surface area (TPSA) is 47.6 Å². The molecular formula is C16H24ClFN4O. The number of hydrogen-bond donors (Lipinski definition) is 2. The number of halogens is 2. The molecule has 0 aromatic heterocycles. The standard InChI is InChI=1S/C16H24ClFN4O/c1-12(11-22-8-6-21(2)7-9-22)10-19-16(23)20-14-5-3-4-13(17)15(14)18/h3-5,12H,6-11H2,1-2H3,(H2,19,20,23)/t12-/m0/s1. The van der Waals surface area contributed by atoms with Crippen molar-refractivity contribution in [2.24, 2.45) is 5.92 Å². The van der Waals surface area contributed by atoms with Crippen LogP contribution in [-0.4, -0.2) is 62.1 Å². The molecule has 2 amide bonds. The number of nitrogens with one attached hydrogen (secondary N) is 2. The third kappa shape index (κ3) is 5.64. The van der Waals surface area contributed by atoms with Crippen molar-refractivity contribution in [3.63, 3.8) is 0 Å². The summed E-state index contributed by atoms with van der Waals surface area (Å²) in [6, 6.07) is 4.10. The number of carbonyl (C=O) groups is 1. The van der Waals surface area contributed by atoms with Crippen LogP contribution in [0.15, 0.2) is 18.2 Å². The van der Waals surface area contributed by atoms with Crippen molar-refractivity contribution in [1.82, 2.24) is 15.1 Å². The van der Waals surface area contributed by atoms with E-state index < -0.39 is 11.8 Å². The second-order valence-electron chi connectivity index (χ2n) is 6.15. The van der Waals surface area contributed by atoms with Crippen LogP contribution < -0.4 is 10.6 Å². The van der Waals surface area contributed by atoms with Gasteiger partial charge in [0.05, 0.1) is 10.7 Å². The molecule has 1 aromatic carbocycles. The molecule has 1 aliphatic rings. The summed E-state index contributed by atoms with van der Waals surface area (Å²) in [7, 11) is 2.13. The van der Waals surface area contributed by atoms with Gasteiger partial charge >= 0.3 is 6.03 Å². The predicted octanol–water partition coefficient (Wildman–Crippen LogP) is 2.48. The lowest BCUT2D eigenvalue weighted by atomic mass is 10.1. The number of amides is 2. The molecule has 0 spiro atoms. The Morgan fingerprint density at radius 2 is 2.04 bits per heavy atom. The number of hydrogen-bond acceptors (Lipinski definition) is 3. The lowest BCUT2D eigenvalue weighted by Gasteiger charge is -2.33. The predicted molar refractivity (Wildman–Crippen MR) is 91.5 cm³/mol. The van der Waals surface area contributed by atoms with Crippen LogP contribution in [0.1, 0.15) is 6.92 Å². The zero-order valence-electron chi connectivity index (χ0n) is 13.6. The molecule has 1 saturated heterocycles. The van der Waals surface area contributed by atoms with Crippen LogP contribution >= 0.6 is 11.6 Å². The summed E-state index contributed by atoms with van der Waals surface area (Å²) in [5.41, 5.74) is 0.0849. The summed E-state index contributed by atoms with van der Waals surface area (Å²) >= 11 is 5.69. The van der Waals surface area contributed by atoms with Crippen molar-refractivity contribution in [3.8, 4) is 0 Å². The SMILES string of the molecule is C[C@@H](CNC(=O)Nc1cccc(Cl)c1F)CN1CCN(C)CC1. The highest BCUT2D eigenvalue weighted by molar-refractivity contribution is 6.31. The van der Waals surface area contributed by atoms with Crippen LogP contribution in [0.5, 0.6) is 0 Å². The molecule has 1 aromatic rings. The fourth-order valence-electron chi connectivity index (χ4n) is 2.57. The maximum absolute atomic E-state index is 13.7. The first-order chi connectivity index (χ1) is 11.0. The average Bonchev–Trinajstić information content (AvgIpc) is 2.52. The van der Waals surface area contributed by atoms with Gasteiger partial charge in [0.15, 0.2) is 5.82 Å². The van der Waals surface area contributed by atoms with E-state index in [1.807, 2.05) is 0 Å². The van der Waals surface area contributed by atoms with Gasteiger partial charge in [-0.15, -0.1) is 0 Å². The molecule has 1 fully saturated rings. The second-order valence-corrected chi connectivity index (χ2v) is 6.55.